The Morgan fingerprint density at radius 1 is 1.08 bits per heavy atom. The predicted octanol–water partition coefficient (Wildman–Crippen LogP) is 3.87. The number of nitro groups is 1. The number of amides is 2. The second-order valence-corrected chi connectivity index (χ2v) is 6.41. The molecule has 1 fully saturated rings. The highest BCUT2D eigenvalue weighted by atomic mass is 32.2. The second-order valence-electron chi connectivity index (χ2n) is 5.42. The normalized spacial score (nSPS) is 15.8. The molecule has 1 saturated heterocycles. The van der Waals surface area contributed by atoms with Crippen LogP contribution in [0.5, 0.6) is 0 Å². The molecule has 2 aromatic carbocycles. The maximum Gasteiger partial charge on any atom is 0.293 e. The number of thioether (sulfide) groups is 1. The van der Waals surface area contributed by atoms with Gasteiger partial charge in [-0.15, -0.1) is 0 Å². The molecule has 0 radical (unpaired) electrons. The molecule has 1 aliphatic rings. The summed E-state index contributed by atoms with van der Waals surface area (Å²) in [5.74, 6) is -0.363. The smallest absolute Gasteiger partial charge is 0.268 e. The Morgan fingerprint density at radius 2 is 1.84 bits per heavy atom. The molecule has 25 heavy (non-hydrogen) atoms. The minimum Gasteiger partial charge on any atom is -0.268 e. The Hall–Kier alpha value is -2.93. The first-order valence-corrected chi connectivity index (χ1v) is 8.40. The van der Waals surface area contributed by atoms with Crippen LogP contribution in [0.2, 0.25) is 0 Å². The molecule has 2 amide bonds. The van der Waals surface area contributed by atoms with Crippen molar-refractivity contribution in [1.29, 1.82) is 0 Å². The SMILES string of the molecule is O=C1S/C(=C\c2cccc([N+](=O)[O-])c2)C(=O)N1CCc1ccccc1. The molecule has 1 heterocycles. The van der Waals surface area contributed by atoms with Crippen molar-refractivity contribution in [3.05, 3.63) is 80.7 Å². The van der Waals surface area contributed by atoms with E-state index in [0.717, 1.165) is 17.3 Å². The third-order valence-corrected chi connectivity index (χ3v) is 4.63. The Labute approximate surface area is 148 Å². The van der Waals surface area contributed by atoms with Crippen LogP contribution in [-0.2, 0) is 11.2 Å². The van der Waals surface area contributed by atoms with Crippen molar-refractivity contribution in [3.8, 4) is 0 Å². The van der Waals surface area contributed by atoms with Crippen LogP contribution in [0.1, 0.15) is 11.1 Å². The lowest BCUT2D eigenvalue weighted by atomic mass is 10.1. The zero-order valence-electron chi connectivity index (χ0n) is 13.1. The van der Waals surface area contributed by atoms with Gasteiger partial charge in [-0.2, -0.15) is 0 Å². The Bertz CT molecular complexity index is 864. The van der Waals surface area contributed by atoms with Gasteiger partial charge in [-0.25, -0.2) is 0 Å². The standard InChI is InChI=1S/C18H14N2O4S/c21-17-16(12-14-7-4-8-15(11-14)20(23)24)25-18(22)19(17)10-9-13-5-2-1-3-6-13/h1-8,11-12H,9-10H2/b16-12-. The average Bonchev–Trinajstić information content (AvgIpc) is 2.87. The summed E-state index contributed by atoms with van der Waals surface area (Å²) in [7, 11) is 0. The summed E-state index contributed by atoms with van der Waals surface area (Å²) in [5, 5.41) is 10.5. The van der Waals surface area contributed by atoms with E-state index in [9.17, 15) is 19.7 Å². The van der Waals surface area contributed by atoms with Gasteiger partial charge in [0.1, 0.15) is 0 Å². The molecule has 0 atom stereocenters. The van der Waals surface area contributed by atoms with E-state index in [2.05, 4.69) is 0 Å². The fourth-order valence-corrected chi connectivity index (χ4v) is 3.32. The minimum atomic E-state index is -0.497. The van der Waals surface area contributed by atoms with Gasteiger partial charge < -0.3 is 0 Å². The van der Waals surface area contributed by atoms with Crippen LogP contribution in [0.3, 0.4) is 0 Å². The molecule has 0 spiro atoms. The van der Waals surface area contributed by atoms with Crippen LogP contribution in [-0.4, -0.2) is 27.5 Å². The van der Waals surface area contributed by atoms with Crippen LogP contribution in [0, 0.1) is 10.1 Å². The molecule has 0 aromatic heterocycles. The summed E-state index contributed by atoms with van der Waals surface area (Å²) < 4.78 is 0. The van der Waals surface area contributed by atoms with Gasteiger partial charge in [0.15, 0.2) is 0 Å². The van der Waals surface area contributed by atoms with Crippen LogP contribution < -0.4 is 0 Å². The molecular formula is C18H14N2O4S. The van der Waals surface area contributed by atoms with E-state index in [1.165, 1.54) is 23.1 Å². The fourth-order valence-electron chi connectivity index (χ4n) is 2.46. The van der Waals surface area contributed by atoms with E-state index in [4.69, 9.17) is 0 Å². The molecule has 0 unspecified atom stereocenters. The maximum absolute atomic E-state index is 12.4. The van der Waals surface area contributed by atoms with Gasteiger partial charge >= 0.3 is 0 Å². The van der Waals surface area contributed by atoms with Crippen molar-refractivity contribution < 1.29 is 14.5 Å². The summed E-state index contributed by atoms with van der Waals surface area (Å²) in [6.45, 7) is 0.307. The fraction of sp³-hybridized carbons (Fsp3) is 0.111. The number of hydrogen-bond donors (Lipinski definition) is 0. The predicted molar refractivity (Wildman–Crippen MR) is 95.9 cm³/mol. The molecule has 126 valence electrons. The number of rotatable bonds is 5. The van der Waals surface area contributed by atoms with Gasteiger partial charge in [-0.05, 0) is 35.4 Å². The van der Waals surface area contributed by atoms with Crippen molar-refractivity contribution >= 4 is 34.7 Å². The average molecular weight is 354 g/mol. The van der Waals surface area contributed by atoms with Gasteiger partial charge in [-0.1, -0.05) is 42.5 Å². The molecule has 6 nitrogen and oxygen atoms in total. The summed E-state index contributed by atoms with van der Waals surface area (Å²) in [5.41, 5.74) is 1.50. The highest BCUT2D eigenvalue weighted by Crippen LogP contribution is 2.32. The molecule has 0 saturated carbocycles. The number of carbonyl (C=O) groups is 2. The van der Waals surface area contributed by atoms with E-state index >= 15 is 0 Å². The van der Waals surface area contributed by atoms with E-state index in [-0.39, 0.29) is 21.7 Å². The van der Waals surface area contributed by atoms with Crippen molar-refractivity contribution in [3.63, 3.8) is 0 Å². The first-order chi connectivity index (χ1) is 12.0. The van der Waals surface area contributed by atoms with Crippen LogP contribution in [0.4, 0.5) is 10.5 Å². The maximum atomic E-state index is 12.4. The molecule has 3 rings (SSSR count). The Kier molecular flexibility index (Phi) is 4.95. The van der Waals surface area contributed by atoms with Crippen LogP contribution in [0.15, 0.2) is 59.5 Å². The molecule has 0 bridgehead atoms. The van der Waals surface area contributed by atoms with Crippen molar-refractivity contribution in [2.45, 2.75) is 6.42 Å². The Balaban J connectivity index is 1.74. The van der Waals surface area contributed by atoms with Gasteiger partial charge in [-0.3, -0.25) is 24.6 Å². The third kappa shape index (κ3) is 3.95. The molecule has 0 aliphatic carbocycles. The van der Waals surface area contributed by atoms with Gasteiger partial charge in [0, 0.05) is 18.7 Å². The number of nitrogens with zero attached hydrogens (tertiary/aromatic N) is 2. The molecule has 2 aromatic rings. The highest BCUT2D eigenvalue weighted by Gasteiger charge is 2.34. The summed E-state index contributed by atoms with van der Waals surface area (Å²) in [4.78, 5) is 36.4. The lowest BCUT2D eigenvalue weighted by molar-refractivity contribution is -0.384. The van der Waals surface area contributed by atoms with E-state index in [0.29, 0.717) is 18.5 Å². The summed E-state index contributed by atoms with van der Waals surface area (Å²) in [6.07, 6.45) is 2.10. The first kappa shape index (κ1) is 16.9. The number of imide groups is 1. The third-order valence-electron chi connectivity index (χ3n) is 3.72. The monoisotopic (exact) mass is 354 g/mol. The van der Waals surface area contributed by atoms with Gasteiger partial charge in [0.25, 0.3) is 16.8 Å². The van der Waals surface area contributed by atoms with Gasteiger partial charge in [0.2, 0.25) is 0 Å². The van der Waals surface area contributed by atoms with Gasteiger partial charge in [0.05, 0.1) is 9.83 Å². The van der Waals surface area contributed by atoms with E-state index < -0.39 is 4.92 Å². The number of non-ortho nitro benzene ring substituents is 1. The topological polar surface area (TPSA) is 80.5 Å². The minimum absolute atomic E-state index is 0.0583. The summed E-state index contributed by atoms with van der Waals surface area (Å²) in [6, 6.07) is 15.6. The quantitative estimate of drug-likeness (QED) is 0.462. The zero-order valence-corrected chi connectivity index (χ0v) is 13.9. The highest BCUT2D eigenvalue weighted by molar-refractivity contribution is 8.18. The lowest BCUT2D eigenvalue weighted by Gasteiger charge is -2.12. The first-order valence-electron chi connectivity index (χ1n) is 7.58. The number of nitro benzene ring substituents is 1. The molecule has 0 N–H and O–H groups in total. The number of hydrogen-bond acceptors (Lipinski definition) is 5. The van der Waals surface area contributed by atoms with Crippen molar-refractivity contribution in [2.75, 3.05) is 6.54 Å². The second kappa shape index (κ2) is 7.31. The molecule has 7 heteroatoms. The van der Waals surface area contributed by atoms with Crippen molar-refractivity contribution in [1.82, 2.24) is 4.90 Å². The number of carbonyl (C=O) groups excluding carboxylic acids is 2. The summed E-state index contributed by atoms with van der Waals surface area (Å²) >= 11 is 0.855. The largest absolute Gasteiger partial charge is 0.293 e. The van der Waals surface area contributed by atoms with E-state index in [1.54, 1.807) is 12.1 Å². The van der Waals surface area contributed by atoms with Crippen LogP contribution in [0.25, 0.3) is 6.08 Å². The molecule has 1 aliphatic heterocycles. The zero-order chi connectivity index (χ0) is 17.8. The van der Waals surface area contributed by atoms with Crippen molar-refractivity contribution in [2.24, 2.45) is 0 Å². The lowest BCUT2D eigenvalue weighted by Crippen LogP contribution is -2.30. The Morgan fingerprint density at radius 3 is 2.56 bits per heavy atom. The van der Waals surface area contributed by atoms with Crippen LogP contribution >= 0.6 is 11.8 Å². The molecular weight excluding hydrogens is 340 g/mol. The van der Waals surface area contributed by atoms with E-state index in [1.807, 2.05) is 30.3 Å². The number of benzene rings is 2.